The summed E-state index contributed by atoms with van der Waals surface area (Å²) in [5.41, 5.74) is 0.272. The average molecular weight is 418 g/mol. The standard InChI is InChI=1S/C20H19FN2O5S/c1-4-27-20(26)16-10(2)15-18(25)22-17(23-19(15)29-16)11(3)28-14(24)9-12-7-5-6-8-13(12)21/h5-8,11H,4,9H2,1-3H3,(H,22,23,25)/t11-/m1/s1. The lowest BCUT2D eigenvalue weighted by molar-refractivity contribution is -0.148. The molecule has 0 aliphatic rings. The molecule has 0 bridgehead atoms. The molecule has 0 aliphatic carbocycles. The zero-order valence-electron chi connectivity index (χ0n) is 16.1. The number of hydrogen-bond donors (Lipinski definition) is 1. The Morgan fingerprint density at radius 1 is 1.31 bits per heavy atom. The Balaban J connectivity index is 1.84. The number of aryl methyl sites for hydroxylation is 1. The molecule has 2 aromatic heterocycles. The molecule has 0 radical (unpaired) electrons. The number of nitrogens with one attached hydrogen (secondary N) is 1. The second kappa shape index (κ2) is 8.52. The summed E-state index contributed by atoms with van der Waals surface area (Å²) in [5.74, 6) is -1.52. The molecular weight excluding hydrogens is 399 g/mol. The maximum Gasteiger partial charge on any atom is 0.348 e. The Labute approximate surface area is 169 Å². The number of aromatic amines is 1. The minimum Gasteiger partial charge on any atom is -0.462 e. The van der Waals surface area contributed by atoms with Gasteiger partial charge in [0.25, 0.3) is 5.56 Å². The van der Waals surface area contributed by atoms with Crippen molar-refractivity contribution in [2.75, 3.05) is 6.61 Å². The highest BCUT2D eigenvalue weighted by molar-refractivity contribution is 7.20. The van der Waals surface area contributed by atoms with E-state index in [2.05, 4.69) is 9.97 Å². The third-order valence-electron chi connectivity index (χ3n) is 4.27. The van der Waals surface area contributed by atoms with E-state index in [4.69, 9.17) is 9.47 Å². The predicted molar refractivity (Wildman–Crippen MR) is 106 cm³/mol. The minimum atomic E-state index is -0.861. The largest absolute Gasteiger partial charge is 0.462 e. The summed E-state index contributed by atoms with van der Waals surface area (Å²) < 4.78 is 24.0. The van der Waals surface area contributed by atoms with E-state index < -0.39 is 29.4 Å². The van der Waals surface area contributed by atoms with Gasteiger partial charge in [0.15, 0.2) is 11.9 Å². The second-order valence-corrected chi connectivity index (χ2v) is 7.31. The fraction of sp³-hybridized carbons (Fsp3) is 0.300. The SMILES string of the molecule is CCOC(=O)c1sc2nc([C@@H](C)OC(=O)Cc3ccccc3F)[nH]c(=O)c2c1C. The molecule has 0 spiro atoms. The van der Waals surface area contributed by atoms with Gasteiger partial charge in [-0.25, -0.2) is 14.2 Å². The van der Waals surface area contributed by atoms with Crippen molar-refractivity contribution in [1.29, 1.82) is 0 Å². The zero-order valence-corrected chi connectivity index (χ0v) is 16.9. The van der Waals surface area contributed by atoms with Crippen LogP contribution >= 0.6 is 11.3 Å². The van der Waals surface area contributed by atoms with Crippen LogP contribution in [0.25, 0.3) is 10.2 Å². The summed E-state index contributed by atoms with van der Waals surface area (Å²) in [6.07, 6.45) is -1.10. The van der Waals surface area contributed by atoms with E-state index in [1.165, 1.54) is 18.2 Å². The van der Waals surface area contributed by atoms with Crippen LogP contribution in [0.2, 0.25) is 0 Å². The molecule has 1 aromatic carbocycles. The van der Waals surface area contributed by atoms with Crippen molar-refractivity contribution in [3.05, 3.63) is 62.3 Å². The quantitative estimate of drug-likeness (QED) is 0.616. The van der Waals surface area contributed by atoms with Gasteiger partial charge in [-0.15, -0.1) is 11.3 Å². The topological polar surface area (TPSA) is 98.3 Å². The normalized spacial score (nSPS) is 12.0. The van der Waals surface area contributed by atoms with Gasteiger partial charge in [0.1, 0.15) is 15.5 Å². The highest BCUT2D eigenvalue weighted by atomic mass is 32.1. The van der Waals surface area contributed by atoms with E-state index in [-0.39, 0.29) is 24.4 Å². The maximum atomic E-state index is 13.7. The lowest BCUT2D eigenvalue weighted by atomic mass is 10.1. The monoisotopic (exact) mass is 418 g/mol. The molecule has 2 heterocycles. The molecule has 0 fully saturated rings. The van der Waals surface area contributed by atoms with Crippen molar-refractivity contribution in [1.82, 2.24) is 9.97 Å². The predicted octanol–water partition coefficient (Wildman–Crippen LogP) is 3.46. The van der Waals surface area contributed by atoms with Crippen LogP contribution in [-0.4, -0.2) is 28.5 Å². The fourth-order valence-electron chi connectivity index (χ4n) is 2.84. The van der Waals surface area contributed by atoms with Crippen LogP contribution in [0.3, 0.4) is 0 Å². The number of benzene rings is 1. The first-order valence-electron chi connectivity index (χ1n) is 8.95. The first-order chi connectivity index (χ1) is 13.8. The van der Waals surface area contributed by atoms with Gasteiger partial charge in [0.05, 0.1) is 18.4 Å². The van der Waals surface area contributed by atoms with Gasteiger partial charge in [-0.3, -0.25) is 9.59 Å². The van der Waals surface area contributed by atoms with Gasteiger partial charge in [0.2, 0.25) is 0 Å². The molecule has 1 N–H and O–H groups in total. The van der Waals surface area contributed by atoms with Crippen LogP contribution in [0.15, 0.2) is 29.1 Å². The van der Waals surface area contributed by atoms with Crippen molar-refractivity contribution >= 4 is 33.5 Å². The fourth-order valence-corrected chi connectivity index (χ4v) is 3.92. The number of fused-ring (bicyclic) bond motifs is 1. The van der Waals surface area contributed by atoms with Gasteiger partial charge in [-0.05, 0) is 38.0 Å². The third-order valence-corrected chi connectivity index (χ3v) is 5.43. The highest BCUT2D eigenvalue weighted by Gasteiger charge is 2.22. The number of carbonyl (C=O) groups is 2. The van der Waals surface area contributed by atoms with E-state index in [9.17, 15) is 18.8 Å². The van der Waals surface area contributed by atoms with Crippen molar-refractivity contribution in [3.63, 3.8) is 0 Å². The number of H-pyrrole nitrogens is 1. The second-order valence-electron chi connectivity index (χ2n) is 6.31. The van der Waals surface area contributed by atoms with Crippen LogP contribution in [-0.2, 0) is 20.7 Å². The molecule has 3 aromatic rings. The van der Waals surface area contributed by atoms with E-state index in [1.54, 1.807) is 26.8 Å². The van der Waals surface area contributed by atoms with Gasteiger partial charge in [0, 0.05) is 0 Å². The number of ether oxygens (including phenoxy) is 2. The van der Waals surface area contributed by atoms with E-state index in [0.717, 1.165) is 11.3 Å². The molecule has 29 heavy (non-hydrogen) atoms. The summed E-state index contributed by atoms with van der Waals surface area (Å²) in [6.45, 7) is 5.12. The number of hydrogen-bond acceptors (Lipinski definition) is 7. The molecule has 0 unspecified atom stereocenters. The minimum absolute atomic E-state index is 0.140. The Hall–Kier alpha value is -3.07. The number of nitrogens with zero attached hydrogens (tertiary/aromatic N) is 1. The van der Waals surface area contributed by atoms with Crippen LogP contribution in [0, 0.1) is 12.7 Å². The van der Waals surface area contributed by atoms with Crippen molar-refractivity contribution in [2.45, 2.75) is 33.3 Å². The summed E-state index contributed by atoms with van der Waals surface area (Å²) in [6, 6.07) is 5.92. The Bertz CT molecular complexity index is 1140. The van der Waals surface area contributed by atoms with Gasteiger partial charge < -0.3 is 14.5 Å². The van der Waals surface area contributed by atoms with Gasteiger partial charge >= 0.3 is 11.9 Å². The lowest BCUT2D eigenvalue weighted by Crippen LogP contribution is -2.18. The smallest absolute Gasteiger partial charge is 0.348 e. The number of halogens is 1. The molecule has 9 heteroatoms. The highest BCUT2D eigenvalue weighted by Crippen LogP contribution is 2.28. The molecule has 0 saturated carbocycles. The molecule has 7 nitrogen and oxygen atoms in total. The third kappa shape index (κ3) is 4.34. The summed E-state index contributed by atoms with van der Waals surface area (Å²) >= 11 is 1.05. The molecular formula is C20H19FN2O5S. The maximum absolute atomic E-state index is 13.7. The van der Waals surface area contributed by atoms with Crippen molar-refractivity contribution in [3.8, 4) is 0 Å². The summed E-state index contributed by atoms with van der Waals surface area (Å²) in [4.78, 5) is 44.3. The number of thiophene rings is 1. The van der Waals surface area contributed by atoms with Crippen LogP contribution in [0.1, 0.15) is 46.6 Å². The lowest BCUT2D eigenvalue weighted by Gasteiger charge is -2.12. The summed E-state index contributed by atoms with van der Waals surface area (Å²) in [7, 11) is 0. The van der Waals surface area contributed by atoms with Crippen LogP contribution in [0.4, 0.5) is 4.39 Å². The van der Waals surface area contributed by atoms with Crippen LogP contribution in [0.5, 0.6) is 0 Å². The molecule has 152 valence electrons. The van der Waals surface area contributed by atoms with Gasteiger partial charge in [-0.1, -0.05) is 18.2 Å². The van der Waals surface area contributed by atoms with E-state index in [1.807, 2.05) is 0 Å². The van der Waals surface area contributed by atoms with E-state index >= 15 is 0 Å². The Morgan fingerprint density at radius 2 is 2.03 bits per heavy atom. The number of aromatic nitrogens is 2. The van der Waals surface area contributed by atoms with Crippen molar-refractivity contribution < 1.29 is 23.5 Å². The molecule has 3 rings (SSSR count). The Morgan fingerprint density at radius 3 is 2.72 bits per heavy atom. The van der Waals surface area contributed by atoms with Gasteiger partial charge in [-0.2, -0.15) is 0 Å². The number of rotatable bonds is 6. The average Bonchev–Trinajstić information content (AvgIpc) is 3.01. The number of esters is 2. The number of carbonyl (C=O) groups excluding carboxylic acids is 2. The molecule has 0 saturated heterocycles. The summed E-state index contributed by atoms with van der Waals surface area (Å²) in [5, 5.41) is 0.298. The van der Waals surface area contributed by atoms with Crippen LogP contribution < -0.4 is 5.56 Å². The zero-order chi connectivity index (χ0) is 21.1. The first-order valence-corrected chi connectivity index (χ1v) is 9.76. The van der Waals surface area contributed by atoms with E-state index in [0.29, 0.717) is 20.7 Å². The molecule has 0 amide bonds. The Kier molecular flexibility index (Phi) is 6.07. The first kappa shape index (κ1) is 20.7. The molecule has 0 aliphatic heterocycles. The van der Waals surface area contributed by atoms with Crippen molar-refractivity contribution in [2.24, 2.45) is 0 Å². The molecule has 1 atom stereocenters.